The lowest BCUT2D eigenvalue weighted by Gasteiger charge is -2.36. The minimum Gasteiger partial charge on any atom is -0.494 e. The fourth-order valence-corrected chi connectivity index (χ4v) is 6.62. The molecule has 1 saturated heterocycles. The first-order chi connectivity index (χ1) is 22.8. The Hall–Kier alpha value is -2.57. The van der Waals surface area contributed by atoms with Crippen molar-refractivity contribution in [3.05, 3.63) is 59.7 Å². The fraction of sp³-hybridized carbons (Fsp3) is 0.683. The summed E-state index contributed by atoms with van der Waals surface area (Å²) in [6, 6.07) is 14.9. The van der Waals surface area contributed by atoms with Gasteiger partial charge in [0.15, 0.2) is 5.72 Å². The summed E-state index contributed by atoms with van der Waals surface area (Å²) in [7, 11) is 0. The van der Waals surface area contributed by atoms with Crippen LogP contribution in [0.25, 0.3) is 0 Å². The second kappa shape index (κ2) is 21.4. The third-order valence-corrected chi connectivity index (χ3v) is 9.87. The number of benzene rings is 2. The Balaban J connectivity index is 1.37. The van der Waals surface area contributed by atoms with Gasteiger partial charge in [0.25, 0.3) is 0 Å². The molecule has 2 atom stereocenters. The van der Waals surface area contributed by atoms with Crippen molar-refractivity contribution in [2.75, 3.05) is 13.2 Å². The number of carbonyl (C=O) groups excluding carboxylic acids is 1. The van der Waals surface area contributed by atoms with Crippen LogP contribution >= 0.6 is 0 Å². The van der Waals surface area contributed by atoms with E-state index in [0.717, 1.165) is 35.0 Å². The molecule has 0 bridgehead atoms. The molecule has 0 aromatic heterocycles. The summed E-state index contributed by atoms with van der Waals surface area (Å²) in [5, 5.41) is 14.7. The van der Waals surface area contributed by atoms with Gasteiger partial charge in [-0.2, -0.15) is 0 Å². The monoisotopic (exact) mass is 650 g/mol. The van der Waals surface area contributed by atoms with Gasteiger partial charge in [0.05, 0.1) is 24.3 Å². The van der Waals surface area contributed by atoms with Crippen LogP contribution in [0, 0.1) is 0 Å². The Morgan fingerprint density at radius 1 is 0.596 bits per heavy atom. The quantitative estimate of drug-likeness (QED) is 0.0790. The van der Waals surface area contributed by atoms with Crippen LogP contribution in [0.2, 0.25) is 0 Å². The van der Waals surface area contributed by atoms with Crippen molar-refractivity contribution in [2.45, 2.75) is 167 Å². The van der Waals surface area contributed by atoms with E-state index >= 15 is 0 Å². The number of hydrogen-bond donors (Lipinski definition) is 0. The highest BCUT2D eigenvalue weighted by atomic mass is 16.6. The molecule has 1 fully saturated rings. The van der Waals surface area contributed by atoms with Gasteiger partial charge >= 0.3 is 5.97 Å². The number of esters is 1. The zero-order valence-electron chi connectivity index (χ0n) is 30.2. The Bertz CT molecular complexity index is 1120. The number of ether oxygens (including phenoxy) is 3. The van der Waals surface area contributed by atoms with Gasteiger partial charge in [0, 0.05) is 6.42 Å². The molecule has 0 amide bonds. The van der Waals surface area contributed by atoms with Gasteiger partial charge < -0.3 is 14.2 Å². The Kier molecular flexibility index (Phi) is 17.7. The highest BCUT2D eigenvalue weighted by Gasteiger charge is 2.54. The van der Waals surface area contributed by atoms with Crippen LogP contribution in [-0.2, 0) is 15.5 Å². The average molecular weight is 651 g/mol. The van der Waals surface area contributed by atoms with Crippen LogP contribution in [0.5, 0.6) is 11.5 Å². The van der Waals surface area contributed by atoms with Gasteiger partial charge in [-0.05, 0) is 75.1 Å². The summed E-state index contributed by atoms with van der Waals surface area (Å²) >= 11 is 0. The molecule has 0 aliphatic carbocycles. The van der Waals surface area contributed by atoms with Gasteiger partial charge in [-0.25, -0.2) is 4.79 Å². The van der Waals surface area contributed by atoms with Gasteiger partial charge in [-0.1, -0.05) is 129 Å². The molecule has 47 heavy (non-hydrogen) atoms. The summed E-state index contributed by atoms with van der Waals surface area (Å²) in [4.78, 5) is 13.1. The van der Waals surface area contributed by atoms with Crippen LogP contribution in [0.3, 0.4) is 0 Å². The minimum atomic E-state index is -1.25. The van der Waals surface area contributed by atoms with Crippen molar-refractivity contribution in [1.29, 1.82) is 0 Å². The van der Waals surface area contributed by atoms with Gasteiger partial charge in [0.2, 0.25) is 0 Å². The number of unbranched alkanes of at least 4 members (excludes halogenated alkanes) is 16. The lowest BCUT2D eigenvalue weighted by molar-refractivity contribution is -0.311. The van der Waals surface area contributed by atoms with E-state index in [1.54, 1.807) is 31.2 Å². The third kappa shape index (κ3) is 13.1. The summed E-state index contributed by atoms with van der Waals surface area (Å²) in [6.07, 6.45) is 24.1. The van der Waals surface area contributed by atoms with E-state index in [0.29, 0.717) is 31.6 Å². The topological polar surface area (TPSA) is 67.9 Å². The van der Waals surface area contributed by atoms with Crippen molar-refractivity contribution >= 4 is 5.97 Å². The SMILES string of the molecule is CCCCCCCCCCCOc1ccc(C(=O)O[C@]2(C)CC[C@@](C)(c3ccc(OCCCCCCCCCCC)cc3)N2[O])cc1. The van der Waals surface area contributed by atoms with Crippen LogP contribution in [0.1, 0.15) is 172 Å². The molecule has 1 heterocycles. The Morgan fingerprint density at radius 3 is 1.45 bits per heavy atom. The molecule has 0 unspecified atom stereocenters. The zero-order chi connectivity index (χ0) is 33.8. The molecule has 2 aromatic carbocycles. The molecular formula is C41H64NO5. The number of hydrogen-bond acceptors (Lipinski definition) is 5. The van der Waals surface area contributed by atoms with E-state index in [1.807, 2.05) is 31.2 Å². The van der Waals surface area contributed by atoms with Crippen LogP contribution in [0.4, 0.5) is 0 Å². The summed E-state index contributed by atoms with van der Waals surface area (Å²) in [6.45, 7) is 9.54. The van der Waals surface area contributed by atoms with Crippen LogP contribution < -0.4 is 9.47 Å². The maximum atomic E-state index is 13.7. The average Bonchev–Trinajstić information content (AvgIpc) is 3.31. The van der Waals surface area contributed by atoms with E-state index in [9.17, 15) is 10.0 Å². The molecule has 1 aliphatic rings. The first-order valence-electron chi connectivity index (χ1n) is 19.0. The van der Waals surface area contributed by atoms with Crippen molar-refractivity contribution in [1.82, 2.24) is 5.06 Å². The first kappa shape index (κ1) is 38.9. The predicted octanol–water partition coefficient (Wildman–Crippen LogP) is 11.7. The minimum absolute atomic E-state index is 0.414. The lowest BCUT2D eigenvalue weighted by Crippen LogP contribution is -2.49. The highest BCUT2D eigenvalue weighted by molar-refractivity contribution is 5.89. The molecule has 0 saturated carbocycles. The molecular weight excluding hydrogens is 586 g/mol. The molecule has 0 spiro atoms. The van der Waals surface area contributed by atoms with E-state index in [2.05, 4.69) is 13.8 Å². The molecule has 263 valence electrons. The second-order valence-corrected chi connectivity index (χ2v) is 14.0. The van der Waals surface area contributed by atoms with Crippen LogP contribution in [-0.4, -0.2) is 30.0 Å². The van der Waals surface area contributed by atoms with Crippen molar-refractivity contribution < 1.29 is 24.2 Å². The standard InChI is InChI=1S/C41H64NO5/c1-5-7-9-11-13-15-17-19-21-33-45-37-27-23-35(24-28-37)39(43)47-41(4)32-31-40(3,42(41)44)36-25-29-38(30-26-36)46-34-22-20-18-16-14-12-10-8-6-2/h23-30H,5-22,31-34H2,1-4H3/t40-,41+/m0/s1. The van der Waals surface area contributed by atoms with Crippen molar-refractivity contribution in [3.8, 4) is 11.5 Å². The van der Waals surface area contributed by atoms with E-state index in [4.69, 9.17) is 14.2 Å². The predicted molar refractivity (Wildman–Crippen MR) is 191 cm³/mol. The third-order valence-electron chi connectivity index (χ3n) is 9.87. The number of hydroxylamine groups is 2. The summed E-state index contributed by atoms with van der Waals surface area (Å²) in [5.74, 6) is 1.07. The van der Waals surface area contributed by atoms with Gasteiger partial charge in [0.1, 0.15) is 11.5 Å². The second-order valence-electron chi connectivity index (χ2n) is 14.0. The van der Waals surface area contributed by atoms with Gasteiger partial charge in [-0.15, -0.1) is 10.3 Å². The zero-order valence-corrected chi connectivity index (χ0v) is 30.2. The molecule has 2 aromatic rings. The fourth-order valence-electron chi connectivity index (χ4n) is 6.62. The van der Waals surface area contributed by atoms with Crippen molar-refractivity contribution in [3.63, 3.8) is 0 Å². The van der Waals surface area contributed by atoms with Crippen LogP contribution in [0.15, 0.2) is 48.5 Å². The highest BCUT2D eigenvalue weighted by Crippen LogP contribution is 2.47. The molecule has 1 radical (unpaired) electrons. The van der Waals surface area contributed by atoms with E-state index < -0.39 is 17.2 Å². The Labute approximate surface area is 286 Å². The maximum absolute atomic E-state index is 13.7. The van der Waals surface area contributed by atoms with Crippen molar-refractivity contribution in [2.24, 2.45) is 0 Å². The number of nitrogens with zero attached hydrogens (tertiary/aromatic N) is 1. The molecule has 0 N–H and O–H groups in total. The molecule has 6 nitrogen and oxygen atoms in total. The number of carbonyl (C=O) groups is 1. The van der Waals surface area contributed by atoms with E-state index in [-0.39, 0.29) is 0 Å². The summed E-state index contributed by atoms with van der Waals surface area (Å²) < 4.78 is 17.7. The van der Waals surface area contributed by atoms with E-state index in [1.165, 1.54) is 103 Å². The van der Waals surface area contributed by atoms with Gasteiger partial charge in [-0.3, -0.25) is 0 Å². The first-order valence-corrected chi connectivity index (χ1v) is 19.0. The number of rotatable bonds is 25. The molecule has 6 heteroatoms. The summed E-state index contributed by atoms with van der Waals surface area (Å²) in [5.41, 5.74) is -0.729. The molecule has 3 rings (SSSR count). The largest absolute Gasteiger partial charge is 0.494 e. The Morgan fingerprint density at radius 2 is 1.00 bits per heavy atom. The normalized spacial score (nSPS) is 19.6. The maximum Gasteiger partial charge on any atom is 0.339 e. The lowest BCUT2D eigenvalue weighted by atomic mass is 9.90. The molecule has 1 aliphatic heterocycles. The smallest absolute Gasteiger partial charge is 0.339 e.